The molecule has 1 fully saturated rings. The Bertz CT molecular complexity index is 1380. The number of carbonyl (C=O) groups excluding carboxylic acids is 3. The zero-order valence-electron chi connectivity index (χ0n) is 21.1. The highest BCUT2D eigenvalue weighted by Gasteiger charge is 2.41. The Morgan fingerprint density at radius 1 is 1.03 bits per heavy atom. The lowest BCUT2D eigenvalue weighted by atomic mass is 10.0. The summed E-state index contributed by atoms with van der Waals surface area (Å²) >= 11 is 13.6. The van der Waals surface area contributed by atoms with Crippen LogP contribution < -0.4 is 5.32 Å². The molecule has 39 heavy (non-hydrogen) atoms. The van der Waals surface area contributed by atoms with E-state index in [-0.39, 0.29) is 47.4 Å². The third kappa shape index (κ3) is 6.98. The minimum atomic E-state index is -1.28. The molecule has 1 saturated heterocycles. The second-order valence-electron chi connectivity index (χ2n) is 9.27. The molecule has 1 aliphatic rings. The Hall–Kier alpha value is -3.40. The van der Waals surface area contributed by atoms with Crippen LogP contribution in [0.15, 0.2) is 60.0 Å². The Morgan fingerprint density at radius 2 is 1.79 bits per heavy atom. The highest BCUT2D eigenvalue weighted by molar-refractivity contribution is 7.10. The van der Waals surface area contributed by atoms with E-state index in [4.69, 9.17) is 23.2 Å². The van der Waals surface area contributed by atoms with Crippen molar-refractivity contribution < 1.29 is 24.3 Å². The van der Waals surface area contributed by atoms with Crippen molar-refractivity contribution in [2.45, 2.75) is 38.4 Å². The lowest BCUT2D eigenvalue weighted by Gasteiger charge is -2.43. The first-order chi connectivity index (χ1) is 18.6. The van der Waals surface area contributed by atoms with E-state index >= 15 is 0 Å². The topological polar surface area (TPSA) is 107 Å². The second kappa shape index (κ2) is 12.6. The van der Waals surface area contributed by atoms with Crippen molar-refractivity contribution in [3.8, 4) is 0 Å². The van der Waals surface area contributed by atoms with Crippen LogP contribution in [0.5, 0.6) is 0 Å². The van der Waals surface area contributed by atoms with Crippen LogP contribution in [0.1, 0.15) is 45.2 Å². The van der Waals surface area contributed by atoms with E-state index in [1.54, 1.807) is 18.2 Å². The van der Waals surface area contributed by atoms with Gasteiger partial charge in [-0.3, -0.25) is 19.2 Å². The molecule has 2 heterocycles. The number of hydrogen-bond acceptors (Lipinski definition) is 5. The monoisotopic (exact) mass is 587 g/mol. The smallest absolute Gasteiger partial charge is 0.305 e. The van der Waals surface area contributed by atoms with Crippen LogP contribution in [0.4, 0.5) is 0 Å². The predicted octanol–water partition coefficient (Wildman–Crippen LogP) is 4.94. The van der Waals surface area contributed by atoms with Gasteiger partial charge in [0.1, 0.15) is 0 Å². The number of carbonyl (C=O) groups is 4. The van der Waals surface area contributed by atoms with Crippen molar-refractivity contribution in [2.24, 2.45) is 0 Å². The van der Waals surface area contributed by atoms with Crippen molar-refractivity contribution >= 4 is 58.2 Å². The number of aliphatic carboxylic acids is 1. The van der Waals surface area contributed by atoms with E-state index in [1.807, 2.05) is 30.5 Å². The lowest BCUT2D eigenvalue weighted by molar-refractivity contribution is -0.149. The van der Waals surface area contributed by atoms with Gasteiger partial charge in [0.05, 0.1) is 28.9 Å². The molecule has 204 valence electrons. The fraction of sp³-hybridized carbons (Fsp3) is 0.286. The van der Waals surface area contributed by atoms with Crippen LogP contribution in [-0.4, -0.2) is 57.9 Å². The summed E-state index contributed by atoms with van der Waals surface area (Å²) in [6.07, 6.45) is -1.11. The number of aryl methyl sites for hydroxylation is 1. The van der Waals surface area contributed by atoms with Gasteiger partial charge in [0, 0.05) is 23.5 Å². The molecule has 2 unspecified atom stereocenters. The van der Waals surface area contributed by atoms with E-state index in [0.29, 0.717) is 12.0 Å². The molecular weight excluding hydrogens is 561 g/mol. The molecule has 1 aromatic heterocycles. The standard InChI is InChI=1S/C28H27Cl2N3O5S/c1-17-5-2-6-18(13-17)23(16-25(35)36)31-26(37)27-32(24(34)15-20-7-3-12-39-20)10-4-11-33(27)28(38)19-8-9-21(29)22(30)14-19/h2-3,5-9,12-14,23,27H,4,10-11,15-16H2,1H3,(H,31,37)(H,35,36). The molecule has 0 aliphatic carbocycles. The average molecular weight is 589 g/mol. The number of carboxylic acids is 1. The zero-order valence-corrected chi connectivity index (χ0v) is 23.4. The maximum atomic E-state index is 13.9. The lowest BCUT2D eigenvalue weighted by Crippen LogP contribution is -2.64. The molecule has 8 nitrogen and oxygen atoms in total. The average Bonchev–Trinajstić information content (AvgIpc) is 3.41. The Labute approximate surface area is 240 Å². The highest BCUT2D eigenvalue weighted by Crippen LogP contribution is 2.27. The van der Waals surface area contributed by atoms with Gasteiger partial charge in [0.2, 0.25) is 5.91 Å². The van der Waals surface area contributed by atoms with Crippen LogP contribution in [0.2, 0.25) is 10.0 Å². The predicted molar refractivity (Wildman–Crippen MR) is 150 cm³/mol. The third-order valence-corrected chi connectivity index (χ3v) is 8.03. The van der Waals surface area contributed by atoms with Gasteiger partial charge in [-0.05, 0) is 48.6 Å². The third-order valence-electron chi connectivity index (χ3n) is 6.42. The molecule has 2 aromatic carbocycles. The number of thiophene rings is 1. The first-order valence-corrected chi connectivity index (χ1v) is 13.9. The maximum absolute atomic E-state index is 13.9. The summed E-state index contributed by atoms with van der Waals surface area (Å²) in [6.45, 7) is 2.35. The van der Waals surface area contributed by atoms with Crippen LogP contribution in [0.25, 0.3) is 0 Å². The second-order valence-corrected chi connectivity index (χ2v) is 11.1. The van der Waals surface area contributed by atoms with Gasteiger partial charge in [-0.1, -0.05) is 59.1 Å². The van der Waals surface area contributed by atoms with Crippen molar-refractivity contribution in [3.05, 3.63) is 91.6 Å². The number of benzene rings is 2. The van der Waals surface area contributed by atoms with Gasteiger partial charge in [0.25, 0.3) is 11.8 Å². The van der Waals surface area contributed by atoms with E-state index in [1.165, 1.54) is 39.3 Å². The van der Waals surface area contributed by atoms with Crippen LogP contribution in [-0.2, 0) is 20.8 Å². The van der Waals surface area contributed by atoms with Crippen molar-refractivity contribution in [2.75, 3.05) is 13.1 Å². The molecule has 0 spiro atoms. The van der Waals surface area contributed by atoms with Crippen LogP contribution >= 0.6 is 34.5 Å². The van der Waals surface area contributed by atoms with Gasteiger partial charge in [-0.2, -0.15) is 0 Å². The van der Waals surface area contributed by atoms with E-state index in [9.17, 15) is 24.3 Å². The normalized spacial score (nSPS) is 16.0. The largest absolute Gasteiger partial charge is 0.481 e. The zero-order chi connectivity index (χ0) is 28.1. The summed E-state index contributed by atoms with van der Waals surface area (Å²) in [7, 11) is 0. The Kier molecular flexibility index (Phi) is 9.27. The van der Waals surface area contributed by atoms with Crippen LogP contribution in [0.3, 0.4) is 0 Å². The molecule has 3 aromatic rings. The Balaban J connectivity index is 1.68. The van der Waals surface area contributed by atoms with Gasteiger partial charge in [-0.15, -0.1) is 11.3 Å². The summed E-state index contributed by atoms with van der Waals surface area (Å²) < 4.78 is 0. The molecule has 2 N–H and O–H groups in total. The van der Waals surface area contributed by atoms with E-state index in [0.717, 1.165) is 10.4 Å². The number of rotatable bonds is 8. The summed E-state index contributed by atoms with van der Waals surface area (Å²) in [5.74, 6) is -2.54. The maximum Gasteiger partial charge on any atom is 0.305 e. The molecule has 0 radical (unpaired) electrons. The first kappa shape index (κ1) is 28.6. The quantitative estimate of drug-likeness (QED) is 0.388. The minimum Gasteiger partial charge on any atom is -0.481 e. The number of carboxylic acid groups (broad SMARTS) is 1. The van der Waals surface area contributed by atoms with Gasteiger partial charge < -0.3 is 20.2 Å². The van der Waals surface area contributed by atoms with E-state index in [2.05, 4.69) is 5.32 Å². The van der Waals surface area contributed by atoms with E-state index < -0.39 is 30.0 Å². The van der Waals surface area contributed by atoms with Crippen molar-refractivity contribution in [1.29, 1.82) is 0 Å². The number of nitrogens with one attached hydrogen (secondary N) is 1. The Morgan fingerprint density at radius 3 is 2.46 bits per heavy atom. The molecule has 0 saturated carbocycles. The molecule has 0 bridgehead atoms. The van der Waals surface area contributed by atoms with Crippen molar-refractivity contribution in [1.82, 2.24) is 15.1 Å². The fourth-order valence-corrected chi connectivity index (χ4v) is 5.59. The number of hydrogen-bond donors (Lipinski definition) is 2. The van der Waals surface area contributed by atoms with Gasteiger partial charge in [-0.25, -0.2) is 0 Å². The summed E-state index contributed by atoms with van der Waals surface area (Å²) in [4.78, 5) is 56.2. The number of nitrogens with zero attached hydrogens (tertiary/aromatic N) is 2. The van der Waals surface area contributed by atoms with Crippen LogP contribution in [0, 0.1) is 6.92 Å². The SMILES string of the molecule is Cc1cccc(C(CC(=O)O)NC(=O)C2N(C(=O)Cc3cccs3)CCCN2C(=O)c2ccc(Cl)c(Cl)c2)c1. The molecule has 1 aliphatic heterocycles. The fourth-order valence-electron chi connectivity index (χ4n) is 4.60. The van der Waals surface area contributed by atoms with Crippen molar-refractivity contribution in [3.63, 3.8) is 0 Å². The van der Waals surface area contributed by atoms with Gasteiger partial charge >= 0.3 is 5.97 Å². The molecule has 2 atom stereocenters. The number of amides is 3. The summed E-state index contributed by atoms with van der Waals surface area (Å²) in [6, 6.07) is 14.4. The molecule has 3 amide bonds. The number of halogens is 2. The first-order valence-electron chi connectivity index (χ1n) is 12.3. The highest BCUT2D eigenvalue weighted by atomic mass is 35.5. The molecule has 11 heteroatoms. The minimum absolute atomic E-state index is 0.0761. The summed E-state index contributed by atoms with van der Waals surface area (Å²) in [5, 5.41) is 14.7. The summed E-state index contributed by atoms with van der Waals surface area (Å²) in [5.41, 5.74) is 1.73. The molecule has 4 rings (SSSR count). The van der Waals surface area contributed by atoms with Gasteiger partial charge in [0.15, 0.2) is 6.17 Å². The molecular formula is C28H27Cl2N3O5S.